The summed E-state index contributed by atoms with van der Waals surface area (Å²) in [7, 11) is 0. The van der Waals surface area contributed by atoms with Gasteiger partial charge in [0.25, 0.3) is 0 Å². The molecule has 0 aromatic heterocycles. The van der Waals surface area contributed by atoms with Gasteiger partial charge in [-0.05, 0) is 67.6 Å². The summed E-state index contributed by atoms with van der Waals surface area (Å²) in [6.45, 7) is 4.36. The molecule has 2 fully saturated rings. The van der Waals surface area contributed by atoms with Gasteiger partial charge in [-0.1, -0.05) is 31.1 Å². The number of carbonyl (C=O) groups is 2. The Morgan fingerprint density at radius 3 is 2.71 bits per heavy atom. The molecule has 2 nitrogen and oxygen atoms in total. The molecule has 0 N–H and O–H groups in total. The van der Waals surface area contributed by atoms with Gasteiger partial charge in [0.2, 0.25) is 11.6 Å². The van der Waals surface area contributed by atoms with Gasteiger partial charge in [0.1, 0.15) is 0 Å². The summed E-state index contributed by atoms with van der Waals surface area (Å²) in [6, 6.07) is 0. The lowest BCUT2D eigenvalue weighted by molar-refractivity contribution is -0.137. The Morgan fingerprint density at radius 2 is 1.90 bits per heavy atom. The van der Waals surface area contributed by atoms with Gasteiger partial charge < -0.3 is 0 Å². The van der Waals surface area contributed by atoms with Crippen LogP contribution in [0, 0.1) is 16.7 Å². The molecule has 0 saturated heterocycles. The van der Waals surface area contributed by atoms with Crippen molar-refractivity contribution in [3.63, 3.8) is 0 Å². The first-order valence-corrected chi connectivity index (χ1v) is 8.19. The van der Waals surface area contributed by atoms with Crippen LogP contribution < -0.4 is 0 Å². The summed E-state index contributed by atoms with van der Waals surface area (Å²) in [5.74, 6) is 0.00822. The van der Waals surface area contributed by atoms with Crippen molar-refractivity contribution in [2.45, 2.75) is 52.4 Å². The Hall–Kier alpha value is -1.44. The summed E-state index contributed by atoms with van der Waals surface area (Å²) in [4.78, 5) is 24.2. The molecule has 0 amide bonds. The van der Waals surface area contributed by atoms with Gasteiger partial charge >= 0.3 is 0 Å². The van der Waals surface area contributed by atoms with E-state index in [1.54, 1.807) is 11.6 Å². The fourth-order valence-corrected chi connectivity index (χ4v) is 5.16. The van der Waals surface area contributed by atoms with Crippen molar-refractivity contribution in [3.8, 4) is 0 Å². The van der Waals surface area contributed by atoms with Crippen molar-refractivity contribution in [2.24, 2.45) is 16.7 Å². The highest BCUT2D eigenvalue weighted by Crippen LogP contribution is 2.60. The van der Waals surface area contributed by atoms with E-state index in [-0.39, 0.29) is 17.0 Å². The van der Waals surface area contributed by atoms with Crippen LogP contribution in [0.3, 0.4) is 0 Å². The van der Waals surface area contributed by atoms with Crippen molar-refractivity contribution in [1.29, 1.82) is 0 Å². The second-order valence-corrected chi connectivity index (χ2v) is 7.61. The smallest absolute Gasteiger partial charge is 0.222 e. The van der Waals surface area contributed by atoms with Gasteiger partial charge in [-0.15, -0.1) is 0 Å². The maximum Gasteiger partial charge on any atom is 0.222 e. The van der Waals surface area contributed by atoms with E-state index in [1.165, 1.54) is 31.3 Å². The minimum atomic E-state index is -0.546. The molecular weight excluding hydrogens is 260 g/mol. The standard InChI is InChI=1S/C19H22O2/c1-18-9-4-3-5-12(18)6-7-13-14(18)8-10-19(2)15(13)11-16(20)17(19)21/h6-7,11,14H,3-5,8-10H2,1-2H3/t14-,18-,19-/m0/s1. The first-order valence-electron chi connectivity index (χ1n) is 8.19. The zero-order valence-corrected chi connectivity index (χ0v) is 12.9. The average Bonchev–Trinajstić information content (AvgIpc) is 2.70. The highest BCUT2D eigenvalue weighted by Gasteiger charge is 2.54. The highest BCUT2D eigenvalue weighted by atomic mass is 16.2. The molecule has 0 heterocycles. The molecule has 110 valence electrons. The lowest BCUT2D eigenvalue weighted by Crippen LogP contribution is -2.42. The van der Waals surface area contributed by atoms with Gasteiger partial charge in [-0.2, -0.15) is 0 Å². The molecule has 0 radical (unpaired) electrons. The van der Waals surface area contributed by atoms with E-state index in [9.17, 15) is 9.59 Å². The van der Waals surface area contributed by atoms with Crippen LogP contribution in [0.15, 0.2) is 34.9 Å². The number of rotatable bonds is 0. The largest absolute Gasteiger partial charge is 0.289 e. The lowest BCUT2D eigenvalue weighted by atomic mass is 9.53. The SMILES string of the molecule is C[C@]12CC[C@H]3C(=CC=C4CCCC[C@@]43C)C1=CC(=O)C2=O. The molecule has 3 atom stereocenters. The summed E-state index contributed by atoms with van der Waals surface area (Å²) < 4.78 is 0. The van der Waals surface area contributed by atoms with Crippen molar-refractivity contribution in [2.75, 3.05) is 0 Å². The predicted molar refractivity (Wildman–Crippen MR) is 81.7 cm³/mol. The number of hydrogen-bond acceptors (Lipinski definition) is 2. The minimum absolute atomic E-state index is 0.194. The Kier molecular flexibility index (Phi) is 2.56. The van der Waals surface area contributed by atoms with Gasteiger partial charge in [0, 0.05) is 0 Å². The number of fused-ring (bicyclic) bond motifs is 5. The number of carbonyl (C=O) groups excluding carboxylic acids is 2. The molecular formula is C19H22O2. The first-order chi connectivity index (χ1) is 9.97. The second-order valence-electron chi connectivity index (χ2n) is 7.61. The molecule has 2 saturated carbocycles. The molecule has 0 aliphatic heterocycles. The Bertz CT molecular complexity index is 648. The molecule has 21 heavy (non-hydrogen) atoms. The number of ketones is 2. The van der Waals surface area contributed by atoms with Crippen LogP contribution in [0.25, 0.3) is 0 Å². The van der Waals surface area contributed by atoms with Crippen molar-refractivity contribution < 1.29 is 9.59 Å². The Labute approximate surface area is 126 Å². The van der Waals surface area contributed by atoms with E-state index in [2.05, 4.69) is 19.1 Å². The molecule has 0 bridgehead atoms. The predicted octanol–water partition coefficient (Wildman–Crippen LogP) is 3.93. The van der Waals surface area contributed by atoms with E-state index < -0.39 is 5.41 Å². The van der Waals surface area contributed by atoms with E-state index in [0.29, 0.717) is 5.92 Å². The van der Waals surface area contributed by atoms with E-state index in [1.807, 2.05) is 6.92 Å². The topological polar surface area (TPSA) is 34.1 Å². The minimum Gasteiger partial charge on any atom is -0.289 e. The van der Waals surface area contributed by atoms with Gasteiger partial charge in [-0.3, -0.25) is 9.59 Å². The van der Waals surface area contributed by atoms with Crippen LogP contribution >= 0.6 is 0 Å². The summed E-state index contributed by atoms with van der Waals surface area (Å²) in [5, 5.41) is 0. The number of allylic oxidation sites excluding steroid dienone is 6. The zero-order chi connectivity index (χ0) is 14.8. The Morgan fingerprint density at radius 1 is 1.10 bits per heavy atom. The van der Waals surface area contributed by atoms with Crippen LogP contribution in [0.1, 0.15) is 52.4 Å². The van der Waals surface area contributed by atoms with Gasteiger partial charge in [0.15, 0.2) is 0 Å². The third-order valence-corrected chi connectivity index (χ3v) is 6.57. The number of Topliss-reactive ketones (excluding diaryl/α,β-unsaturated/α-hetero) is 1. The molecule has 0 aromatic carbocycles. The molecule has 0 spiro atoms. The van der Waals surface area contributed by atoms with Crippen molar-refractivity contribution in [1.82, 2.24) is 0 Å². The fourth-order valence-electron chi connectivity index (χ4n) is 5.16. The average molecular weight is 282 g/mol. The van der Waals surface area contributed by atoms with Crippen LogP contribution in [0.5, 0.6) is 0 Å². The van der Waals surface area contributed by atoms with Crippen LogP contribution in [0.4, 0.5) is 0 Å². The lowest BCUT2D eigenvalue weighted by Gasteiger charge is -2.51. The summed E-state index contributed by atoms with van der Waals surface area (Å²) in [5.41, 5.74) is 3.59. The van der Waals surface area contributed by atoms with Crippen LogP contribution in [-0.4, -0.2) is 11.6 Å². The fraction of sp³-hybridized carbons (Fsp3) is 0.579. The van der Waals surface area contributed by atoms with Crippen molar-refractivity contribution in [3.05, 3.63) is 34.9 Å². The second kappa shape index (κ2) is 4.06. The monoisotopic (exact) mass is 282 g/mol. The third-order valence-electron chi connectivity index (χ3n) is 6.57. The maximum absolute atomic E-state index is 12.3. The molecule has 0 aromatic rings. The van der Waals surface area contributed by atoms with Crippen LogP contribution in [-0.2, 0) is 9.59 Å². The van der Waals surface area contributed by atoms with Crippen LogP contribution in [0.2, 0.25) is 0 Å². The molecule has 2 heteroatoms. The van der Waals surface area contributed by atoms with E-state index >= 15 is 0 Å². The highest BCUT2D eigenvalue weighted by molar-refractivity contribution is 6.47. The first kappa shape index (κ1) is 13.2. The van der Waals surface area contributed by atoms with Gasteiger partial charge in [-0.25, -0.2) is 0 Å². The maximum atomic E-state index is 12.3. The molecule has 4 aliphatic carbocycles. The zero-order valence-electron chi connectivity index (χ0n) is 12.9. The summed E-state index contributed by atoms with van der Waals surface area (Å²) in [6.07, 6.45) is 13.0. The van der Waals surface area contributed by atoms with Gasteiger partial charge in [0.05, 0.1) is 5.41 Å². The van der Waals surface area contributed by atoms with E-state index in [4.69, 9.17) is 0 Å². The van der Waals surface area contributed by atoms with Crippen molar-refractivity contribution >= 4 is 11.6 Å². The number of hydrogen-bond donors (Lipinski definition) is 0. The molecule has 0 unspecified atom stereocenters. The van der Waals surface area contributed by atoms with E-state index in [0.717, 1.165) is 18.4 Å². The summed E-state index contributed by atoms with van der Waals surface area (Å²) >= 11 is 0. The molecule has 4 aliphatic rings. The normalized spacial score (nSPS) is 41.6. The Balaban J connectivity index is 1.84. The molecule has 4 rings (SSSR count). The third kappa shape index (κ3) is 1.54. The quantitative estimate of drug-likeness (QED) is 0.631.